The highest BCUT2D eigenvalue weighted by atomic mass is 16.5. The molecule has 0 saturated carbocycles. The minimum absolute atomic E-state index is 0.163. The SMILES string of the molecule is CCN(Cc1ccc(OC)c(OC)c1)C(=O)CCc1ccccc1. The molecule has 0 saturated heterocycles. The van der Waals surface area contributed by atoms with E-state index in [9.17, 15) is 4.79 Å². The molecule has 24 heavy (non-hydrogen) atoms. The van der Waals surface area contributed by atoms with Crippen LogP contribution in [0.2, 0.25) is 0 Å². The second-order valence-corrected chi connectivity index (χ2v) is 5.58. The van der Waals surface area contributed by atoms with Crippen molar-refractivity contribution < 1.29 is 14.3 Å². The van der Waals surface area contributed by atoms with Crippen LogP contribution in [0.1, 0.15) is 24.5 Å². The van der Waals surface area contributed by atoms with E-state index in [1.807, 2.05) is 48.2 Å². The molecule has 0 N–H and O–H groups in total. The van der Waals surface area contributed by atoms with Crippen LogP contribution in [0.25, 0.3) is 0 Å². The van der Waals surface area contributed by atoms with Gasteiger partial charge in [-0.1, -0.05) is 36.4 Å². The number of carbonyl (C=O) groups is 1. The topological polar surface area (TPSA) is 38.8 Å². The minimum Gasteiger partial charge on any atom is -0.493 e. The number of methoxy groups -OCH3 is 2. The van der Waals surface area contributed by atoms with Gasteiger partial charge < -0.3 is 14.4 Å². The van der Waals surface area contributed by atoms with Crippen LogP contribution >= 0.6 is 0 Å². The molecule has 0 radical (unpaired) electrons. The second-order valence-electron chi connectivity index (χ2n) is 5.58. The van der Waals surface area contributed by atoms with Gasteiger partial charge in [-0.25, -0.2) is 0 Å². The number of carbonyl (C=O) groups excluding carboxylic acids is 1. The summed E-state index contributed by atoms with van der Waals surface area (Å²) in [7, 11) is 3.23. The van der Waals surface area contributed by atoms with Gasteiger partial charge in [-0.05, 0) is 36.6 Å². The molecule has 0 aliphatic carbocycles. The monoisotopic (exact) mass is 327 g/mol. The van der Waals surface area contributed by atoms with E-state index in [1.54, 1.807) is 14.2 Å². The molecule has 4 nitrogen and oxygen atoms in total. The molecule has 0 spiro atoms. The lowest BCUT2D eigenvalue weighted by Crippen LogP contribution is -2.30. The van der Waals surface area contributed by atoms with Gasteiger partial charge in [-0.3, -0.25) is 4.79 Å². The van der Waals surface area contributed by atoms with Gasteiger partial charge in [0.05, 0.1) is 14.2 Å². The predicted molar refractivity (Wildman–Crippen MR) is 95.4 cm³/mol. The summed E-state index contributed by atoms with van der Waals surface area (Å²) in [5.74, 6) is 1.54. The first-order chi connectivity index (χ1) is 11.7. The molecule has 2 aromatic carbocycles. The third kappa shape index (κ3) is 4.75. The van der Waals surface area contributed by atoms with Crippen molar-refractivity contribution in [2.45, 2.75) is 26.3 Å². The van der Waals surface area contributed by atoms with Crippen molar-refractivity contribution in [2.24, 2.45) is 0 Å². The maximum Gasteiger partial charge on any atom is 0.223 e. The van der Waals surface area contributed by atoms with Crippen molar-refractivity contribution in [3.63, 3.8) is 0 Å². The maximum absolute atomic E-state index is 12.5. The van der Waals surface area contributed by atoms with Crippen LogP contribution in [0.5, 0.6) is 11.5 Å². The van der Waals surface area contributed by atoms with Crippen LogP contribution in [0, 0.1) is 0 Å². The second kappa shape index (κ2) is 8.96. The first kappa shape index (κ1) is 17.9. The Morgan fingerprint density at radius 1 is 0.958 bits per heavy atom. The van der Waals surface area contributed by atoms with E-state index in [4.69, 9.17) is 9.47 Å². The number of rotatable bonds is 8. The number of ether oxygens (including phenoxy) is 2. The summed E-state index contributed by atoms with van der Waals surface area (Å²) in [6, 6.07) is 15.9. The summed E-state index contributed by atoms with van der Waals surface area (Å²) < 4.78 is 10.6. The van der Waals surface area contributed by atoms with Gasteiger partial charge in [0.2, 0.25) is 5.91 Å². The van der Waals surface area contributed by atoms with Crippen LogP contribution in [-0.4, -0.2) is 31.6 Å². The first-order valence-corrected chi connectivity index (χ1v) is 8.20. The molecular weight excluding hydrogens is 302 g/mol. The van der Waals surface area contributed by atoms with E-state index in [0.717, 1.165) is 12.0 Å². The Morgan fingerprint density at radius 3 is 2.29 bits per heavy atom. The Labute approximate surface area is 144 Å². The molecule has 2 aromatic rings. The van der Waals surface area contributed by atoms with Gasteiger partial charge in [-0.15, -0.1) is 0 Å². The van der Waals surface area contributed by atoms with Crippen molar-refractivity contribution in [1.29, 1.82) is 0 Å². The summed E-state index contributed by atoms with van der Waals surface area (Å²) in [6.07, 6.45) is 1.28. The smallest absolute Gasteiger partial charge is 0.223 e. The Bertz CT molecular complexity index is 655. The van der Waals surface area contributed by atoms with Crippen LogP contribution in [-0.2, 0) is 17.8 Å². The van der Waals surface area contributed by atoms with E-state index in [1.165, 1.54) is 5.56 Å². The van der Waals surface area contributed by atoms with Crippen LogP contribution in [0.15, 0.2) is 48.5 Å². The van der Waals surface area contributed by atoms with Crippen molar-refractivity contribution >= 4 is 5.91 Å². The summed E-state index contributed by atoms with van der Waals surface area (Å²) in [5.41, 5.74) is 2.22. The summed E-state index contributed by atoms with van der Waals surface area (Å²) >= 11 is 0. The van der Waals surface area contributed by atoms with Gasteiger partial charge in [-0.2, -0.15) is 0 Å². The standard InChI is InChI=1S/C20H25NO3/c1-4-21(20(22)13-11-16-8-6-5-7-9-16)15-17-10-12-18(23-2)19(14-17)24-3/h5-10,12,14H,4,11,13,15H2,1-3H3. The van der Waals surface area contributed by atoms with Crippen molar-refractivity contribution in [2.75, 3.05) is 20.8 Å². The summed E-state index contributed by atoms with van der Waals surface area (Å²) in [4.78, 5) is 14.4. The Hall–Kier alpha value is -2.49. The summed E-state index contributed by atoms with van der Waals surface area (Å²) in [5, 5.41) is 0. The number of hydrogen-bond donors (Lipinski definition) is 0. The van der Waals surface area contributed by atoms with E-state index in [-0.39, 0.29) is 5.91 Å². The van der Waals surface area contributed by atoms with Crippen LogP contribution in [0.3, 0.4) is 0 Å². The van der Waals surface area contributed by atoms with Gasteiger partial charge in [0, 0.05) is 19.5 Å². The number of benzene rings is 2. The Morgan fingerprint density at radius 2 is 1.67 bits per heavy atom. The molecule has 0 heterocycles. The fourth-order valence-electron chi connectivity index (χ4n) is 2.63. The lowest BCUT2D eigenvalue weighted by Gasteiger charge is -2.21. The van der Waals surface area contributed by atoms with Gasteiger partial charge in [0.1, 0.15) is 0 Å². The van der Waals surface area contributed by atoms with Crippen LogP contribution in [0.4, 0.5) is 0 Å². The number of amides is 1. The molecule has 0 fully saturated rings. The molecule has 2 rings (SSSR count). The molecule has 4 heteroatoms. The lowest BCUT2D eigenvalue weighted by atomic mass is 10.1. The molecule has 0 unspecified atom stereocenters. The van der Waals surface area contributed by atoms with Gasteiger partial charge >= 0.3 is 0 Å². The predicted octanol–water partition coefficient (Wildman–Crippen LogP) is 3.69. The van der Waals surface area contributed by atoms with Gasteiger partial charge in [0.15, 0.2) is 11.5 Å². The number of nitrogens with zero attached hydrogens (tertiary/aromatic N) is 1. The fourth-order valence-corrected chi connectivity index (χ4v) is 2.63. The highest BCUT2D eigenvalue weighted by molar-refractivity contribution is 5.76. The lowest BCUT2D eigenvalue weighted by molar-refractivity contribution is -0.131. The number of aryl methyl sites for hydroxylation is 1. The van der Waals surface area contributed by atoms with E-state index in [2.05, 4.69) is 12.1 Å². The quantitative estimate of drug-likeness (QED) is 0.742. The summed E-state index contributed by atoms with van der Waals surface area (Å²) in [6.45, 7) is 3.26. The number of hydrogen-bond acceptors (Lipinski definition) is 3. The Kier molecular flexibility index (Phi) is 6.67. The molecule has 0 atom stereocenters. The minimum atomic E-state index is 0.163. The largest absolute Gasteiger partial charge is 0.493 e. The third-order valence-corrected chi connectivity index (χ3v) is 4.03. The average Bonchev–Trinajstić information content (AvgIpc) is 2.64. The highest BCUT2D eigenvalue weighted by Crippen LogP contribution is 2.28. The van der Waals surface area contributed by atoms with Gasteiger partial charge in [0.25, 0.3) is 0 Å². The first-order valence-electron chi connectivity index (χ1n) is 8.20. The Balaban J connectivity index is 1.99. The highest BCUT2D eigenvalue weighted by Gasteiger charge is 2.13. The normalized spacial score (nSPS) is 10.3. The van der Waals surface area contributed by atoms with Crippen molar-refractivity contribution in [3.05, 3.63) is 59.7 Å². The third-order valence-electron chi connectivity index (χ3n) is 4.03. The zero-order chi connectivity index (χ0) is 17.4. The fraction of sp³-hybridized carbons (Fsp3) is 0.350. The van der Waals surface area contributed by atoms with E-state index in [0.29, 0.717) is 31.0 Å². The zero-order valence-corrected chi connectivity index (χ0v) is 14.6. The molecule has 0 aromatic heterocycles. The van der Waals surface area contributed by atoms with Crippen LogP contribution < -0.4 is 9.47 Å². The maximum atomic E-state index is 12.5. The molecule has 0 aliphatic heterocycles. The van der Waals surface area contributed by atoms with E-state index < -0.39 is 0 Å². The van der Waals surface area contributed by atoms with Crippen molar-refractivity contribution in [1.82, 2.24) is 4.90 Å². The molecule has 128 valence electrons. The molecular formula is C20H25NO3. The van der Waals surface area contributed by atoms with E-state index >= 15 is 0 Å². The zero-order valence-electron chi connectivity index (χ0n) is 14.6. The average molecular weight is 327 g/mol. The molecule has 0 aliphatic rings. The molecule has 0 bridgehead atoms. The van der Waals surface area contributed by atoms with Crippen molar-refractivity contribution in [3.8, 4) is 11.5 Å². The molecule has 1 amide bonds.